The summed E-state index contributed by atoms with van der Waals surface area (Å²) in [6, 6.07) is 1.82. The topological polar surface area (TPSA) is 68.3 Å². The summed E-state index contributed by atoms with van der Waals surface area (Å²) in [5, 5.41) is 2.91. The van der Waals surface area contributed by atoms with Crippen LogP contribution in [-0.2, 0) is 11.3 Å². The van der Waals surface area contributed by atoms with Crippen LogP contribution >= 0.6 is 12.2 Å². The van der Waals surface area contributed by atoms with Crippen molar-refractivity contribution in [1.29, 1.82) is 0 Å². The van der Waals surface area contributed by atoms with E-state index in [9.17, 15) is 4.79 Å². The zero-order chi connectivity index (χ0) is 14.3. The lowest BCUT2D eigenvalue weighted by molar-refractivity contribution is -0.128. The minimum Gasteiger partial charge on any atom is -0.472 e. The summed E-state index contributed by atoms with van der Waals surface area (Å²) in [6.45, 7) is 4.51. The van der Waals surface area contributed by atoms with Crippen molar-refractivity contribution in [1.82, 2.24) is 5.32 Å². The lowest BCUT2D eigenvalue weighted by Crippen LogP contribution is -2.48. The lowest BCUT2D eigenvalue weighted by atomic mass is 9.78. The fourth-order valence-electron chi connectivity index (χ4n) is 2.31. The van der Waals surface area contributed by atoms with E-state index >= 15 is 0 Å². The van der Waals surface area contributed by atoms with Crippen molar-refractivity contribution in [2.75, 3.05) is 0 Å². The maximum absolute atomic E-state index is 12.5. The van der Waals surface area contributed by atoms with Gasteiger partial charge in [-0.15, -0.1) is 0 Å². The molecule has 0 spiro atoms. The Morgan fingerprint density at radius 3 is 2.47 bits per heavy atom. The lowest BCUT2D eigenvalue weighted by Gasteiger charge is -2.30. The van der Waals surface area contributed by atoms with Crippen LogP contribution in [0.4, 0.5) is 0 Å². The molecule has 0 aliphatic heterocycles. The van der Waals surface area contributed by atoms with Gasteiger partial charge in [0, 0.05) is 12.1 Å². The van der Waals surface area contributed by atoms with Gasteiger partial charge in [0.15, 0.2) is 0 Å². The van der Waals surface area contributed by atoms with Crippen LogP contribution in [0.25, 0.3) is 0 Å². The van der Waals surface area contributed by atoms with Crippen LogP contribution in [0.15, 0.2) is 23.0 Å². The number of nitrogens with two attached hydrogens (primary N) is 1. The summed E-state index contributed by atoms with van der Waals surface area (Å²) in [5.41, 5.74) is 6.06. The van der Waals surface area contributed by atoms with Gasteiger partial charge in [0.2, 0.25) is 5.91 Å². The van der Waals surface area contributed by atoms with Crippen LogP contribution in [0.2, 0.25) is 0 Å². The second kappa shape index (κ2) is 7.28. The summed E-state index contributed by atoms with van der Waals surface area (Å²) >= 11 is 5.15. The highest BCUT2D eigenvalue weighted by molar-refractivity contribution is 7.80. The van der Waals surface area contributed by atoms with Gasteiger partial charge in [-0.1, -0.05) is 38.9 Å². The van der Waals surface area contributed by atoms with E-state index in [1.807, 2.05) is 19.9 Å². The molecule has 0 saturated carbocycles. The molecule has 1 heterocycles. The Bertz CT molecular complexity index is 409. The molecule has 0 atom stereocenters. The SMILES string of the molecule is CCCC(CCC)(C(=O)NCc1ccoc1)C(N)=S. The van der Waals surface area contributed by atoms with Gasteiger partial charge in [-0.3, -0.25) is 4.79 Å². The number of hydrogen-bond acceptors (Lipinski definition) is 3. The highest BCUT2D eigenvalue weighted by Gasteiger charge is 2.39. The third-order valence-corrected chi connectivity index (χ3v) is 3.68. The van der Waals surface area contributed by atoms with Crippen molar-refractivity contribution in [2.45, 2.75) is 46.1 Å². The molecule has 0 unspecified atom stereocenters. The Hall–Kier alpha value is -1.36. The van der Waals surface area contributed by atoms with Crippen LogP contribution < -0.4 is 11.1 Å². The summed E-state index contributed by atoms with van der Waals surface area (Å²) < 4.78 is 4.97. The van der Waals surface area contributed by atoms with Crippen molar-refractivity contribution < 1.29 is 9.21 Å². The van der Waals surface area contributed by atoms with Crippen LogP contribution in [0, 0.1) is 5.41 Å². The van der Waals surface area contributed by atoms with Crippen molar-refractivity contribution in [2.24, 2.45) is 11.1 Å². The van der Waals surface area contributed by atoms with Crippen molar-refractivity contribution in [3.05, 3.63) is 24.2 Å². The van der Waals surface area contributed by atoms with Crippen LogP contribution in [0.3, 0.4) is 0 Å². The van der Waals surface area contributed by atoms with E-state index in [2.05, 4.69) is 5.32 Å². The van der Waals surface area contributed by atoms with E-state index in [0.717, 1.165) is 18.4 Å². The maximum atomic E-state index is 12.5. The predicted octanol–water partition coefficient (Wildman–Crippen LogP) is 2.77. The second-order valence-electron chi connectivity index (χ2n) is 4.76. The minimum atomic E-state index is -0.720. The molecule has 0 bridgehead atoms. The summed E-state index contributed by atoms with van der Waals surface area (Å²) in [5.74, 6) is -0.0788. The monoisotopic (exact) mass is 282 g/mol. The van der Waals surface area contributed by atoms with Crippen molar-refractivity contribution >= 4 is 23.1 Å². The number of hydrogen-bond donors (Lipinski definition) is 2. The Morgan fingerprint density at radius 2 is 2.05 bits per heavy atom. The number of carbonyl (C=O) groups is 1. The van der Waals surface area contributed by atoms with E-state index in [4.69, 9.17) is 22.4 Å². The molecule has 1 amide bonds. The molecular formula is C14H22N2O2S. The molecular weight excluding hydrogens is 260 g/mol. The number of furan rings is 1. The van der Waals surface area contributed by atoms with Crippen LogP contribution in [0.1, 0.15) is 45.1 Å². The van der Waals surface area contributed by atoms with E-state index in [0.29, 0.717) is 24.4 Å². The first-order valence-electron chi connectivity index (χ1n) is 6.66. The Balaban J connectivity index is 2.77. The molecule has 19 heavy (non-hydrogen) atoms. The molecule has 4 nitrogen and oxygen atoms in total. The van der Waals surface area contributed by atoms with Gasteiger partial charge in [-0.05, 0) is 18.9 Å². The third-order valence-electron chi connectivity index (χ3n) is 3.29. The molecule has 1 aromatic heterocycles. The van der Waals surface area contributed by atoms with E-state index in [1.54, 1.807) is 12.5 Å². The summed E-state index contributed by atoms with van der Waals surface area (Å²) in [6.07, 6.45) is 6.32. The average Bonchev–Trinajstić information content (AvgIpc) is 2.88. The molecule has 0 aliphatic carbocycles. The van der Waals surface area contributed by atoms with E-state index in [-0.39, 0.29) is 5.91 Å². The molecule has 3 N–H and O–H groups in total. The normalized spacial score (nSPS) is 11.3. The summed E-state index contributed by atoms with van der Waals surface area (Å²) in [7, 11) is 0. The number of thiocarbonyl (C=S) groups is 1. The van der Waals surface area contributed by atoms with Gasteiger partial charge in [0.1, 0.15) is 0 Å². The quantitative estimate of drug-likeness (QED) is 0.719. The first kappa shape index (κ1) is 15.7. The first-order chi connectivity index (χ1) is 9.06. The number of nitrogens with one attached hydrogen (secondary N) is 1. The van der Waals surface area contributed by atoms with E-state index < -0.39 is 5.41 Å². The highest BCUT2D eigenvalue weighted by atomic mass is 32.1. The molecule has 0 fully saturated rings. The highest BCUT2D eigenvalue weighted by Crippen LogP contribution is 2.31. The fourth-order valence-corrected chi connectivity index (χ4v) is 2.61. The zero-order valence-electron chi connectivity index (χ0n) is 11.6. The molecule has 0 aromatic carbocycles. The van der Waals surface area contributed by atoms with Gasteiger partial charge in [0.05, 0.1) is 22.9 Å². The van der Waals surface area contributed by atoms with E-state index in [1.165, 1.54) is 0 Å². The Morgan fingerprint density at radius 1 is 1.42 bits per heavy atom. The number of carbonyl (C=O) groups excluding carboxylic acids is 1. The number of rotatable bonds is 8. The Kier molecular flexibility index (Phi) is 6.02. The second-order valence-corrected chi connectivity index (χ2v) is 5.20. The predicted molar refractivity (Wildman–Crippen MR) is 79.6 cm³/mol. The molecule has 1 rings (SSSR count). The van der Waals surface area contributed by atoms with Gasteiger partial charge >= 0.3 is 0 Å². The number of amides is 1. The third kappa shape index (κ3) is 3.80. The smallest absolute Gasteiger partial charge is 0.233 e. The molecule has 0 saturated heterocycles. The maximum Gasteiger partial charge on any atom is 0.233 e. The van der Waals surface area contributed by atoms with Crippen LogP contribution in [0.5, 0.6) is 0 Å². The summed E-state index contributed by atoms with van der Waals surface area (Å²) in [4.78, 5) is 12.8. The molecule has 1 aromatic rings. The standard InChI is InChI=1S/C14H22N2O2S/c1-3-6-14(7-4-2,12(15)19)13(17)16-9-11-5-8-18-10-11/h5,8,10H,3-4,6-7,9H2,1-2H3,(H2,15,19)(H,16,17). The minimum absolute atomic E-state index is 0.0788. The molecule has 5 heteroatoms. The Labute approximate surface area is 119 Å². The zero-order valence-corrected chi connectivity index (χ0v) is 12.4. The van der Waals surface area contributed by atoms with Crippen molar-refractivity contribution in [3.8, 4) is 0 Å². The van der Waals surface area contributed by atoms with Gasteiger partial charge < -0.3 is 15.5 Å². The first-order valence-corrected chi connectivity index (χ1v) is 7.07. The van der Waals surface area contributed by atoms with Gasteiger partial charge in [-0.2, -0.15) is 0 Å². The van der Waals surface area contributed by atoms with Crippen molar-refractivity contribution in [3.63, 3.8) is 0 Å². The van der Waals surface area contributed by atoms with Gasteiger partial charge in [0.25, 0.3) is 0 Å². The van der Waals surface area contributed by atoms with Gasteiger partial charge in [-0.25, -0.2) is 0 Å². The largest absolute Gasteiger partial charge is 0.472 e. The molecule has 0 radical (unpaired) electrons. The molecule has 0 aliphatic rings. The fraction of sp³-hybridized carbons (Fsp3) is 0.571. The average molecular weight is 282 g/mol. The molecule has 106 valence electrons. The van der Waals surface area contributed by atoms with Crippen LogP contribution in [-0.4, -0.2) is 10.9 Å².